The number of aromatic nitrogens is 3. The maximum atomic E-state index is 12.8. The number of hydrogen-bond acceptors (Lipinski definition) is 3. The Balaban J connectivity index is 2.21. The Bertz CT molecular complexity index is 545. The number of hydrogen-bond donors (Lipinski definition) is 1. The van der Waals surface area contributed by atoms with Gasteiger partial charge in [0, 0.05) is 7.05 Å². The second kappa shape index (κ2) is 4.76. The van der Waals surface area contributed by atoms with Crippen molar-refractivity contribution < 1.29 is 4.39 Å². The lowest BCUT2D eigenvalue weighted by Crippen LogP contribution is -2.09. The molecule has 0 spiro atoms. The number of nitrogens with one attached hydrogen (secondary N) is 1. The lowest BCUT2D eigenvalue weighted by molar-refractivity contribution is 0.617. The van der Waals surface area contributed by atoms with Crippen molar-refractivity contribution in [1.82, 2.24) is 14.8 Å². The van der Waals surface area contributed by atoms with E-state index < -0.39 is 0 Å². The van der Waals surface area contributed by atoms with Crippen molar-refractivity contribution in [3.8, 4) is 0 Å². The van der Waals surface area contributed by atoms with E-state index in [2.05, 4.69) is 15.4 Å². The molecule has 0 radical (unpaired) electrons. The van der Waals surface area contributed by atoms with Crippen molar-refractivity contribution in [2.45, 2.75) is 26.8 Å². The van der Waals surface area contributed by atoms with E-state index in [1.54, 1.807) is 6.07 Å². The van der Waals surface area contributed by atoms with E-state index in [4.69, 9.17) is 0 Å². The highest BCUT2D eigenvalue weighted by Gasteiger charge is 2.13. The summed E-state index contributed by atoms with van der Waals surface area (Å²) in [5.41, 5.74) is 3.83. The summed E-state index contributed by atoms with van der Waals surface area (Å²) in [5.74, 6) is -0.320. The molecule has 2 aromatic heterocycles. The second-order valence-corrected chi connectivity index (χ2v) is 4.44. The van der Waals surface area contributed by atoms with Gasteiger partial charge in [0.15, 0.2) is 0 Å². The van der Waals surface area contributed by atoms with Crippen molar-refractivity contribution in [2.24, 2.45) is 7.05 Å². The van der Waals surface area contributed by atoms with Gasteiger partial charge in [-0.25, -0.2) is 4.39 Å². The summed E-state index contributed by atoms with van der Waals surface area (Å²) in [6, 6.07) is 3.12. The number of nitrogens with zero attached hydrogens (tertiary/aromatic N) is 3. The minimum absolute atomic E-state index is 0.00667. The Morgan fingerprint density at radius 1 is 1.33 bits per heavy atom. The summed E-state index contributed by atoms with van der Waals surface area (Å²) in [7, 11) is 1.91. The van der Waals surface area contributed by atoms with Crippen LogP contribution >= 0.6 is 0 Å². The highest BCUT2D eigenvalue weighted by atomic mass is 19.1. The van der Waals surface area contributed by atoms with Gasteiger partial charge in [0.25, 0.3) is 0 Å². The largest absolute Gasteiger partial charge is 0.374 e. The smallest absolute Gasteiger partial charge is 0.141 e. The lowest BCUT2D eigenvalue weighted by atomic mass is 10.2. The molecule has 0 aliphatic heterocycles. The van der Waals surface area contributed by atoms with E-state index in [0.717, 1.165) is 22.8 Å². The lowest BCUT2D eigenvalue weighted by Gasteiger charge is -2.15. The van der Waals surface area contributed by atoms with Gasteiger partial charge in [0.1, 0.15) is 5.82 Å². The maximum absolute atomic E-state index is 12.8. The third kappa shape index (κ3) is 2.34. The number of rotatable bonds is 3. The molecule has 0 aliphatic carbocycles. The Morgan fingerprint density at radius 3 is 2.56 bits per heavy atom. The Hall–Kier alpha value is -1.91. The van der Waals surface area contributed by atoms with Crippen LogP contribution in [0.3, 0.4) is 0 Å². The van der Waals surface area contributed by atoms with Crippen LogP contribution in [-0.2, 0) is 7.05 Å². The van der Waals surface area contributed by atoms with Gasteiger partial charge in [-0.2, -0.15) is 5.10 Å². The van der Waals surface area contributed by atoms with E-state index in [1.807, 2.05) is 32.5 Å². The first-order valence-electron chi connectivity index (χ1n) is 5.87. The van der Waals surface area contributed by atoms with E-state index in [9.17, 15) is 4.39 Å². The summed E-state index contributed by atoms with van der Waals surface area (Å²) < 4.78 is 14.6. The standard InChI is InChI=1S/C13H17FN4/c1-8(12-6-5-11(14)7-15-12)16-13-9(2)17-18(4)10(13)3/h5-8,16H,1-4H3. The molecule has 5 heteroatoms. The zero-order valence-corrected chi connectivity index (χ0v) is 11.0. The van der Waals surface area contributed by atoms with E-state index in [-0.39, 0.29) is 11.9 Å². The van der Waals surface area contributed by atoms with Crippen molar-refractivity contribution in [3.05, 3.63) is 41.2 Å². The van der Waals surface area contributed by atoms with Gasteiger partial charge >= 0.3 is 0 Å². The van der Waals surface area contributed by atoms with Gasteiger partial charge in [-0.3, -0.25) is 9.67 Å². The molecule has 1 N–H and O–H groups in total. The molecule has 2 heterocycles. The molecule has 0 amide bonds. The van der Waals surface area contributed by atoms with E-state index in [0.29, 0.717) is 0 Å². The maximum Gasteiger partial charge on any atom is 0.141 e. The fourth-order valence-electron chi connectivity index (χ4n) is 1.92. The van der Waals surface area contributed by atoms with Gasteiger partial charge in [-0.05, 0) is 32.9 Å². The van der Waals surface area contributed by atoms with Crippen LogP contribution in [-0.4, -0.2) is 14.8 Å². The molecule has 96 valence electrons. The first-order valence-corrected chi connectivity index (χ1v) is 5.87. The van der Waals surface area contributed by atoms with E-state index >= 15 is 0 Å². The fraction of sp³-hybridized carbons (Fsp3) is 0.385. The molecule has 0 saturated heterocycles. The Labute approximate surface area is 106 Å². The van der Waals surface area contributed by atoms with Crippen LogP contribution in [0.5, 0.6) is 0 Å². The summed E-state index contributed by atoms with van der Waals surface area (Å²) >= 11 is 0. The summed E-state index contributed by atoms with van der Waals surface area (Å²) in [4.78, 5) is 4.08. The number of aryl methyl sites for hydroxylation is 2. The molecule has 18 heavy (non-hydrogen) atoms. The number of pyridine rings is 1. The summed E-state index contributed by atoms with van der Waals surface area (Å²) in [6.45, 7) is 5.96. The van der Waals surface area contributed by atoms with Crippen LogP contribution in [0.1, 0.15) is 30.0 Å². The van der Waals surface area contributed by atoms with Crippen molar-refractivity contribution >= 4 is 5.69 Å². The van der Waals surface area contributed by atoms with Crippen LogP contribution in [0.15, 0.2) is 18.3 Å². The van der Waals surface area contributed by atoms with Crippen LogP contribution in [0.4, 0.5) is 10.1 Å². The molecule has 4 nitrogen and oxygen atoms in total. The minimum atomic E-state index is -0.320. The zero-order chi connectivity index (χ0) is 13.3. The quantitative estimate of drug-likeness (QED) is 0.908. The molecular formula is C13H17FN4. The average Bonchev–Trinajstić information content (AvgIpc) is 2.57. The molecule has 2 rings (SSSR count). The van der Waals surface area contributed by atoms with Crippen LogP contribution in [0, 0.1) is 19.7 Å². The second-order valence-electron chi connectivity index (χ2n) is 4.44. The van der Waals surface area contributed by atoms with Crippen molar-refractivity contribution in [3.63, 3.8) is 0 Å². The monoisotopic (exact) mass is 248 g/mol. The normalized spacial score (nSPS) is 12.5. The molecule has 1 unspecified atom stereocenters. The third-order valence-electron chi connectivity index (χ3n) is 3.06. The number of anilines is 1. The predicted octanol–water partition coefficient (Wildman–Crippen LogP) is 2.74. The minimum Gasteiger partial charge on any atom is -0.374 e. The molecule has 0 aromatic carbocycles. The van der Waals surface area contributed by atoms with Crippen molar-refractivity contribution in [2.75, 3.05) is 5.32 Å². The highest BCUT2D eigenvalue weighted by molar-refractivity contribution is 5.53. The molecule has 0 bridgehead atoms. The van der Waals surface area contributed by atoms with Gasteiger partial charge in [0.05, 0.1) is 35.0 Å². The SMILES string of the molecule is Cc1nn(C)c(C)c1NC(C)c1ccc(F)cn1. The molecule has 0 saturated carbocycles. The third-order valence-corrected chi connectivity index (χ3v) is 3.06. The van der Waals surface area contributed by atoms with Crippen LogP contribution < -0.4 is 5.32 Å². The van der Waals surface area contributed by atoms with Gasteiger partial charge in [-0.15, -0.1) is 0 Å². The Kier molecular flexibility index (Phi) is 3.32. The Morgan fingerprint density at radius 2 is 2.06 bits per heavy atom. The highest BCUT2D eigenvalue weighted by Crippen LogP contribution is 2.23. The zero-order valence-electron chi connectivity index (χ0n) is 11.0. The van der Waals surface area contributed by atoms with Crippen LogP contribution in [0.25, 0.3) is 0 Å². The molecule has 0 aliphatic rings. The van der Waals surface area contributed by atoms with Gasteiger partial charge in [0.2, 0.25) is 0 Å². The number of halogens is 1. The summed E-state index contributed by atoms with van der Waals surface area (Å²) in [6.07, 6.45) is 1.23. The molecule has 1 atom stereocenters. The van der Waals surface area contributed by atoms with Gasteiger partial charge in [-0.1, -0.05) is 0 Å². The topological polar surface area (TPSA) is 42.7 Å². The molecular weight excluding hydrogens is 231 g/mol. The van der Waals surface area contributed by atoms with Crippen LogP contribution in [0.2, 0.25) is 0 Å². The predicted molar refractivity (Wildman–Crippen MR) is 68.9 cm³/mol. The van der Waals surface area contributed by atoms with Gasteiger partial charge < -0.3 is 5.32 Å². The summed E-state index contributed by atoms with van der Waals surface area (Å²) in [5, 5.41) is 7.71. The fourth-order valence-corrected chi connectivity index (χ4v) is 1.92. The van der Waals surface area contributed by atoms with Crippen molar-refractivity contribution in [1.29, 1.82) is 0 Å². The van der Waals surface area contributed by atoms with E-state index in [1.165, 1.54) is 12.3 Å². The first-order chi connectivity index (χ1) is 8.49. The first kappa shape index (κ1) is 12.5. The molecule has 0 fully saturated rings. The molecule has 2 aromatic rings. The average molecular weight is 248 g/mol.